The largest absolute Gasteiger partial charge is 0.302 e. The summed E-state index contributed by atoms with van der Waals surface area (Å²) in [5.74, 6) is 1.66. The number of benzene rings is 2. The smallest absolute Gasteiger partial charge is 0.191 e. The maximum atomic E-state index is 5.99. The molecule has 4 rings (SSSR count). The molecule has 4 nitrogen and oxygen atoms in total. The number of hydrogen-bond donors (Lipinski definition) is 0. The molecule has 2 heterocycles. The van der Waals surface area contributed by atoms with Crippen LogP contribution in [0.5, 0.6) is 0 Å². The van der Waals surface area contributed by atoms with E-state index in [4.69, 9.17) is 16.6 Å². The van der Waals surface area contributed by atoms with Gasteiger partial charge in [-0.1, -0.05) is 71.9 Å². The maximum Gasteiger partial charge on any atom is 0.191 e. The summed E-state index contributed by atoms with van der Waals surface area (Å²) in [4.78, 5) is 4.76. The van der Waals surface area contributed by atoms with Gasteiger partial charge in [-0.05, 0) is 17.7 Å². The van der Waals surface area contributed by atoms with Crippen LogP contribution in [-0.4, -0.2) is 19.7 Å². The van der Waals surface area contributed by atoms with E-state index in [0.29, 0.717) is 13.0 Å². The molecule has 0 aliphatic heterocycles. The fourth-order valence-corrected chi connectivity index (χ4v) is 4.80. The molecule has 0 aliphatic carbocycles. The SMILES string of the molecule is C=CCn1c(Cc2ccc(Cl)cc2)nnc1SCc1csc(-c2ccccc2)n1. The van der Waals surface area contributed by atoms with Crippen LogP contribution in [0.15, 0.2) is 77.8 Å². The van der Waals surface area contributed by atoms with E-state index in [-0.39, 0.29) is 0 Å². The van der Waals surface area contributed by atoms with E-state index in [2.05, 4.69) is 38.9 Å². The first-order valence-corrected chi connectivity index (χ1v) is 11.4. The molecule has 0 saturated heterocycles. The number of rotatable bonds is 8. The molecule has 0 N–H and O–H groups in total. The predicted octanol–water partition coefficient (Wildman–Crippen LogP) is 6.12. The van der Waals surface area contributed by atoms with Gasteiger partial charge >= 0.3 is 0 Å². The third kappa shape index (κ3) is 4.96. The molecule has 2 aromatic heterocycles. The van der Waals surface area contributed by atoms with Gasteiger partial charge in [0.2, 0.25) is 0 Å². The second-order valence-electron chi connectivity index (χ2n) is 6.40. The molecular formula is C22H19ClN4S2. The quantitative estimate of drug-likeness (QED) is 0.245. The molecule has 2 aromatic carbocycles. The average molecular weight is 439 g/mol. The third-order valence-corrected chi connectivity index (χ3v) is 6.49. The monoisotopic (exact) mass is 438 g/mol. The molecule has 146 valence electrons. The van der Waals surface area contributed by atoms with Crippen molar-refractivity contribution in [3.05, 3.63) is 94.7 Å². The maximum absolute atomic E-state index is 5.99. The summed E-state index contributed by atoms with van der Waals surface area (Å²) in [7, 11) is 0. The highest BCUT2D eigenvalue weighted by Gasteiger charge is 2.13. The number of thioether (sulfide) groups is 1. The minimum Gasteiger partial charge on any atom is -0.302 e. The standard InChI is InChI=1S/C22H19ClN4S2/c1-2-12-27-20(13-16-8-10-18(23)11-9-16)25-26-22(27)29-15-19-14-28-21(24-19)17-6-4-3-5-7-17/h2-11,14H,1,12-13,15H2. The number of thiazole rings is 1. The first kappa shape index (κ1) is 19.9. The minimum atomic E-state index is 0.671. The molecule has 0 aliphatic rings. The van der Waals surface area contributed by atoms with E-state index in [1.807, 2.05) is 48.5 Å². The fourth-order valence-electron chi connectivity index (χ4n) is 2.88. The summed E-state index contributed by atoms with van der Waals surface area (Å²) in [5, 5.41) is 13.6. The lowest BCUT2D eigenvalue weighted by Gasteiger charge is -2.07. The first-order chi connectivity index (χ1) is 14.2. The van der Waals surface area contributed by atoms with E-state index in [0.717, 1.165) is 43.6 Å². The van der Waals surface area contributed by atoms with Crippen LogP contribution in [0.2, 0.25) is 5.02 Å². The Morgan fingerprint density at radius 1 is 1.07 bits per heavy atom. The summed E-state index contributed by atoms with van der Waals surface area (Å²) in [6.07, 6.45) is 2.57. The van der Waals surface area contributed by atoms with Crippen LogP contribution in [0, 0.1) is 0 Å². The molecule has 0 atom stereocenters. The average Bonchev–Trinajstić information content (AvgIpc) is 3.37. The Morgan fingerprint density at radius 2 is 1.86 bits per heavy atom. The van der Waals surface area contributed by atoms with Crippen LogP contribution in [0.25, 0.3) is 10.6 Å². The van der Waals surface area contributed by atoms with Crippen molar-refractivity contribution in [2.75, 3.05) is 0 Å². The predicted molar refractivity (Wildman–Crippen MR) is 122 cm³/mol. The van der Waals surface area contributed by atoms with Gasteiger partial charge in [-0.25, -0.2) is 4.98 Å². The van der Waals surface area contributed by atoms with Gasteiger partial charge in [0.1, 0.15) is 10.8 Å². The van der Waals surface area contributed by atoms with Crippen molar-refractivity contribution >= 4 is 34.7 Å². The summed E-state index contributed by atoms with van der Waals surface area (Å²) in [6, 6.07) is 18.1. The van der Waals surface area contributed by atoms with Crippen molar-refractivity contribution in [2.24, 2.45) is 0 Å². The molecule has 0 spiro atoms. The van der Waals surface area contributed by atoms with Gasteiger partial charge in [0.25, 0.3) is 0 Å². The van der Waals surface area contributed by atoms with Crippen LogP contribution in [-0.2, 0) is 18.7 Å². The summed E-state index contributed by atoms with van der Waals surface area (Å²) >= 11 is 9.30. The van der Waals surface area contributed by atoms with Gasteiger partial charge in [-0.3, -0.25) is 0 Å². The molecule has 0 bridgehead atoms. The number of halogens is 1. The third-order valence-electron chi connectivity index (χ3n) is 4.30. The number of aromatic nitrogens is 4. The van der Waals surface area contributed by atoms with Crippen molar-refractivity contribution in [3.63, 3.8) is 0 Å². The fraction of sp³-hybridized carbons (Fsp3) is 0.136. The normalized spacial score (nSPS) is 10.9. The molecule has 0 radical (unpaired) electrons. The second-order valence-corrected chi connectivity index (χ2v) is 8.64. The molecule has 0 unspecified atom stereocenters. The summed E-state index contributed by atoms with van der Waals surface area (Å²) in [6.45, 7) is 4.55. The van der Waals surface area contributed by atoms with Crippen LogP contribution >= 0.6 is 34.7 Å². The van der Waals surface area contributed by atoms with Crippen LogP contribution in [0.4, 0.5) is 0 Å². The van der Waals surface area contributed by atoms with Gasteiger partial charge < -0.3 is 4.57 Å². The van der Waals surface area contributed by atoms with Gasteiger partial charge in [0.05, 0.1) is 5.69 Å². The van der Waals surface area contributed by atoms with Crippen molar-refractivity contribution in [3.8, 4) is 10.6 Å². The van der Waals surface area contributed by atoms with E-state index < -0.39 is 0 Å². The van der Waals surface area contributed by atoms with Crippen LogP contribution < -0.4 is 0 Å². The Morgan fingerprint density at radius 3 is 2.62 bits per heavy atom. The lowest BCUT2D eigenvalue weighted by Crippen LogP contribution is -2.04. The van der Waals surface area contributed by atoms with Crippen LogP contribution in [0.3, 0.4) is 0 Å². The highest BCUT2D eigenvalue weighted by molar-refractivity contribution is 7.98. The molecule has 7 heteroatoms. The van der Waals surface area contributed by atoms with Gasteiger partial charge in [0, 0.05) is 34.7 Å². The van der Waals surface area contributed by atoms with Crippen molar-refractivity contribution in [1.82, 2.24) is 19.7 Å². The van der Waals surface area contributed by atoms with Gasteiger partial charge in [-0.15, -0.1) is 28.1 Å². The minimum absolute atomic E-state index is 0.671. The first-order valence-electron chi connectivity index (χ1n) is 9.13. The Labute approximate surface area is 183 Å². The highest BCUT2D eigenvalue weighted by Crippen LogP contribution is 2.28. The summed E-state index contributed by atoms with van der Waals surface area (Å²) < 4.78 is 2.11. The Kier molecular flexibility index (Phi) is 6.44. The zero-order chi connectivity index (χ0) is 20.1. The Hall–Kier alpha value is -2.41. The molecule has 29 heavy (non-hydrogen) atoms. The topological polar surface area (TPSA) is 43.6 Å². The van der Waals surface area contributed by atoms with Gasteiger partial charge in [-0.2, -0.15) is 0 Å². The number of hydrogen-bond acceptors (Lipinski definition) is 5. The van der Waals surface area contributed by atoms with E-state index in [9.17, 15) is 0 Å². The lowest BCUT2D eigenvalue weighted by molar-refractivity contribution is 0.690. The Bertz CT molecular complexity index is 1090. The highest BCUT2D eigenvalue weighted by atomic mass is 35.5. The van der Waals surface area contributed by atoms with Crippen molar-refractivity contribution in [2.45, 2.75) is 23.9 Å². The van der Waals surface area contributed by atoms with Crippen molar-refractivity contribution < 1.29 is 0 Å². The zero-order valence-corrected chi connectivity index (χ0v) is 18.1. The van der Waals surface area contributed by atoms with Gasteiger partial charge in [0.15, 0.2) is 5.16 Å². The van der Waals surface area contributed by atoms with Crippen LogP contribution in [0.1, 0.15) is 17.1 Å². The summed E-state index contributed by atoms with van der Waals surface area (Å²) in [5.41, 5.74) is 3.34. The zero-order valence-electron chi connectivity index (χ0n) is 15.7. The molecule has 0 amide bonds. The molecule has 0 saturated carbocycles. The number of allylic oxidation sites excluding steroid dienone is 1. The Balaban J connectivity index is 1.47. The molecule has 0 fully saturated rings. The lowest BCUT2D eigenvalue weighted by atomic mass is 10.1. The van der Waals surface area contributed by atoms with E-state index >= 15 is 0 Å². The molecule has 4 aromatic rings. The second kappa shape index (κ2) is 9.39. The molecular weight excluding hydrogens is 420 g/mol. The van der Waals surface area contributed by atoms with E-state index in [1.165, 1.54) is 0 Å². The number of nitrogens with zero attached hydrogens (tertiary/aromatic N) is 4. The van der Waals surface area contributed by atoms with Crippen molar-refractivity contribution in [1.29, 1.82) is 0 Å². The van der Waals surface area contributed by atoms with E-state index in [1.54, 1.807) is 23.1 Å².